The molecule has 2 atom stereocenters. The van der Waals surface area contributed by atoms with Gasteiger partial charge in [-0.25, -0.2) is 8.78 Å². The largest absolute Gasteiger partial charge is 0.507 e. The van der Waals surface area contributed by atoms with Gasteiger partial charge in [0.15, 0.2) is 0 Å². The maximum atomic E-state index is 15.2. The fourth-order valence-electron chi connectivity index (χ4n) is 4.15. The summed E-state index contributed by atoms with van der Waals surface area (Å²) in [5.41, 5.74) is -2.45. The van der Waals surface area contributed by atoms with Gasteiger partial charge in [0.05, 0.1) is 13.2 Å². The Kier molecular flexibility index (Phi) is 8.98. The summed E-state index contributed by atoms with van der Waals surface area (Å²) in [4.78, 5) is 25.8. The van der Waals surface area contributed by atoms with Crippen molar-refractivity contribution in [3.05, 3.63) is 47.8 Å². The molecule has 1 saturated heterocycles. The number of alkyl halides is 4. The average Bonchev–Trinajstić information content (AvgIpc) is 2.81. The van der Waals surface area contributed by atoms with Crippen LogP contribution in [0.3, 0.4) is 0 Å². The number of benzene rings is 2. The number of halogens is 5. The standard InChI is InChI=1S/C26H29F5N2O5/c1-4-38-24(36)20(13-25(2,3)28)32-23(26(29,30)31)15-5-7-17(19(27)11-15)18-12-16(6-8-21(18)34)33-9-10-37-14-22(33)35/h5-8,11-12,20,23,32,34H,4,9-10,13-14H2,1-3H3/t20-,23?/m0/s1. The predicted octanol–water partition coefficient (Wildman–Crippen LogP) is 4.82. The highest BCUT2D eigenvalue weighted by Gasteiger charge is 2.44. The van der Waals surface area contributed by atoms with Crippen molar-refractivity contribution in [1.82, 2.24) is 5.32 Å². The number of esters is 1. The van der Waals surface area contributed by atoms with Crippen LogP contribution in [-0.4, -0.2) is 61.2 Å². The molecular formula is C26H29F5N2O5. The van der Waals surface area contributed by atoms with Gasteiger partial charge >= 0.3 is 12.1 Å². The van der Waals surface area contributed by atoms with Crippen molar-refractivity contribution in [1.29, 1.82) is 0 Å². The SMILES string of the molecule is CCOC(=O)[C@H](CC(C)(C)F)NC(c1ccc(-c2cc(N3CCOCC3=O)ccc2O)c(F)c1)C(F)(F)F. The minimum atomic E-state index is -4.97. The molecule has 2 N–H and O–H groups in total. The van der Waals surface area contributed by atoms with Crippen molar-refractivity contribution in [3.63, 3.8) is 0 Å². The van der Waals surface area contributed by atoms with Crippen LogP contribution in [0.1, 0.15) is 38.8 Å². The molecule has 2 aromatic rings. The summed E-state index contributed by atoms with van der Waals surface area (Å²) in [5, 5.41) is 12.4. The Morgan fingerprint density at radius 3 is 2.45 bits per heavy atom. The Bertz CT molecular complexity index is 1170. The minimum Gasteiger partial charge on any atom is -0.507 e. The van der Waals surface area contributed by atoms with Crippen molar-refractivity contribution in [3.8, 4) is 16.9 Å². The Morgan fingerprint density at radius 2 is 1.87 bits per heavy atom. The summed E-state index contributed by atoms with van der Waals surface area (Å²) < 4.78 is 81.6. The van der Waals surface area contributed by atoms with Crippen LogP contribution in [0, 0.1) is 5.82 Å². The van der Waals surface area contributed by atoms with E-state index < -0.39 is 47.7 Å². The van der Waals surface area contributed by atoms with E-state index in [9.17, 15) is 32.3 Å². The third-order valence-electron chi connectivity index (χ3n) is 5.85. The lowest BCUT2D eigenvalue weighted by Gasteiger charge is -2.29. The molecule has 1 aliphatic rings. The molecule has 0 aliphatic carbocycles. The van der Waals surface area contributed by atoms with Gasteiger partial charge in [0.25, 0.3) is 5.91 Å². The number of carbonyl (C=O) groups excluding carboxylic acids is 2. The quantitative estimate of drug-likeness (QED) is 0.348. The maximum Gasteiger partial charge on any atom is 0.407 e. The van der Waals surface area contributed by atoms with Crippen molar-refractivity contribution >= 4 is 17.6 Å². The van der Waals surface area contributed by atoms with E-state index in [2.05, 4.69) is 5.32 Å². The number of amides is 1. The third-order valence-corrected chi connectivity index (χ3v) is 5.85. The molecule has 0 radical (unpaired) electrons. The van der Waals surface area contributed by atoms with Gasteiger partial charge in [-0.1, -0.05) is 12.1 Å². The number of anilines is 1. The number of phenolic OH excluding ortho intramolecular Hbond substituents is 1. The second-order valence-corrected chi connectivity index (χ2v) is 9.41. The maximum absolute atomic E-state index is 15.2. The Labute approximate surface area is 216 Å². The molecule has 1 fully saturated rings. The summed E-state index contributed by atoms with van der Waals surface area (Å²) in [7, 11) is 0. The molecule has 38 heavy (non-hydrogen) atoms. The number of nitrogens with one attached hydrogen (secondary N) is 1. The van der Waals surface area contributed by atoms with E-state index in [-0.39, 0.29) is 49.1 Å². The van der Waals surface area contributed by atoms with E-state index in [1.165, 1.54) is 30.0 Å². The summed E-state index contributed by atoms with van der Waals surface area (Å²) in [6, 6.07) is 2.58. The van der Waals surface area contributed by atoms with Gasteiger partial charge in [0.1, 0.15) is 35.9 Å². The van der Waals surface area contributed by atoms with Crippen LogP contribution in [0.5, 0.6) is 5.75 Å². The van der Waals surface area contributed by atoms with Gasteiger partial charge in [0, 0.05) is 29.8 Å². The molecule has 1 aliphatic heterocycles. The topological polar surface area (TPSA) is 88.1 Å². The molecule has 0 saturated carbocycles. The second kappa shape index (κ2) is 11.6. The summed E-state index contributed by atoms with van der Waals surface area (Å²) in [6.45, 7) is 3.94. The number of aromatic hydroxyl groups is 1. The summed E-state index contributed by atoms with van der Waals surface area (Å²) >= 11 is 0. The third kappa shape index (κ3) is 7.19. The van der Waals surface area contributed by atoms with E-state index in [1.54, 1.807) is 0 Å². The molecular weight excluding hydrogens is 515 g/mol. The van der Waals surface area contributed by atoms with E-state index in [1.807, 2.05) is 0 Å². The molecule has 0 aromatic heterocycles. The van der Waals surface area contributed by atoms with Crippen LogP contribution < -0.4 is 10.2 Å². The summed E-state index contributed by atoms with van der Waals surface area (Å²) in [5.74, 6) is -2.84. The van der Waals surface area contributed by atoms with Crippen LogP contribution in [-0.2, 0) is 19.1 Å². The number of carbonyl (C=O) groups is 2. The number of nitrogens with zero attached hydrogens (tertiary/aromatic N) is 1. The van der Waals surface area contributed by atoms with Gasteiger partial charge < -0.3 is 19.5 Å². The highest BCUT2D eigenvalue weighted by molar-refractivity contribution is 5.95. The fraction of sp³-hybridized carbons (Fsp3) is 0.462. The van der Waals surface area contributed by atoms with Gasteiger partial charge in [-0.2, -0.15) is 13.2 Å². The highest BCUT2D eigenvalue weighted by atomic mass is 19.4. The van der Waals surface area contributed by atoms with Crippen LogP contribution in [0.25, 0.3) is 11.1 Å². The number of hydrogen-bond donors (Lipinski definition) is 2. The molecule has 2 aromatic carbocycles. The first-order valence-electron chi connectivity index (χ1n) is 11.9. The number of rotatable bonds is 9. The summed E-state index contributed by atoms with van der Waals surface area (Å²) in [6.07, 6.45) is -5.59. The monoisotopic (exact) mass is 544 g/mol. The van der Waals surface area contributed by atoms with Gasteiger partial charge in [0.2, 0.25) is 0 Å². The number of morpholine rings is 1. The van der Waals surface area contributed by atoms with Crippen LogP contribution in [0.4, 0.5) is 27.6 Å². The normalized spacial score (nSPS) is 16.3. The fourth-order valence-corrected chi connectivity index (χ4v) is 4.15. The van der Waals surface area contributed by atoms with Gasteiger partial charge in [-0.05, 0) is 50.6 Å². The zero-order valence-electron chi connectivity index (χ0n) is 21.1. The Hall–Kier alpha value is -3.25. The van der Waals surface area contributed by atoms with Crippen LogP contribution >= 0.6 is 0 Å². The van der Waals surface area contributed by atoms with E-state index in [4.69, 9.17) is 9.47 Å². The highest BCUT2D eigenvalue weighted by Crippen LogP contribution is 2.39. The molecule has 3 rings (SSSR count). The van der Waals surface area contributed by atoms with Crippen molar-refractivity contribution in [2.75, 3.05) is 31.3 Å². The first kappa shape index (κ1) is 29.3. The lowest BCUT2D eigenvalue weighted by Crippen LogP contribution is -2.47. The average molecular weight is 545 g/mol. The van der Waals surface area contributed by atoms with E-state index in [0.717, 1.165) is 26.0 Å². The van der Waals surface area contributed by atoms with Crippen LogP contribution in [0.15, 0.2) is 36.4 Å². The molecule has 1 unspecified atom stereocenters. The number of hydrogen-bond acceptors (Lipinski definition) is 6. The lowest BCUT2D eigenvalue weighted by atomic mass is 9.96. The van der Waals surface area contributed by atoms with Gasteiger partial charge in [-0.15, -0.1) is 0 Å². The molecule has 0 spiro atoms. The molecule has 1 amide bonds. The minimum absolute atomic E-state index is 0.0362. The zero-order valence-corrected chi connectivity index (χ0v) is 21.1. The predicted molar refractivity (Wildman–Crippen MR) is 129 cm³/mol. The second-order valence-electron chi connectivity index (χ2n) is 9.41. The molecule has 12 heteroatoms. The smallest absolute Gasteiger partial charge is 0.407 e. The van der Waals surface area contributed by atoms with Crippen molar-refractivity contribution < 1.29 is 46.1 Å². The molecule has 7 nitrogen and oxygen atoms in total. The number of phenols is 1. The first-order valence-corrected chi connectivity index (χ1v) is 11.9. The lowest BCUT2D eigenvalue weighted by molar-refractivity contribution is -0.165. The Morgan fingerprint density at radius 1 is 1.16 bits per heavy atom. The van der Waals surface area contributed by atoms with Crippen molar-refractivity contribution in [2.24, 2.45) is 0 Å². The molecule has 208 valence electrons. The molecule has 1 heterocycles. The Balaban J connectivity index is 1.97. The first-order chi connectivity index (χ1) is 17.7. The zero-order chi connectivity index (χ0) is 28.3. The molecule has 0 bridgehead atoms. The van der Waals surface area contributed by atoms with E-state index >= 15 is 4.39 Å². The van der Waals surface area contributed by atoms with Crippen LogP contribution in [0.2, 0.25) is 0 Å². The van der Waals surface area contributed by atoms with E-state index in [0.29, 0.717) is 11.8 Å². The number of ether oxygens (including phenoxy) is 2. The van der Waals surface area contributed by atoms with Crippen molar-refractivity contribution in [2.45, 2.75) is 51.1 Å². The van der Waals surface area contributed by atoms with Gasteiger partial charge in [-0.3, -0.25) is 14.9 Å².